The fraction of sp³-hybridized carbons (Fsp3) is 0.516. The molecule has 2 fully saturated rings. The smallest absolute Gasteiger partial charge is 0.236 e. The number of benzene rings is 1. The van der Waals surface area contributed by atoms with Crippen molar-refractivity contribution in [3.8, 4) is 17.1 Å². The molecule has 0 radical (unpaired) electrons. The van der Waals surface area contributed by atoms with Gasteiger partial charge in [-0.3, -0.25) is 14.9 Å². The molecular formula is C31H41N5O2. The van der Waals surface area contributed by atoms with Crippen LogP contribution in [-0.2, 0) is 17.6 Å². The summed E-state index contributed by atoms with van der Waals surface area (Å²) in [6.07, 6.45) is 9.97. The van der Waals surface area contributed by atoms with Crippen LogP contribution in [0.4, 0.5) is 0 Å². The molecule has 0 atom stereocenters. The van der Waals surface area contributed by atoms with Crippen LogP contribution in [0.15, 0.2) is 42.7 Å². The van der Waals surface area contributed by atoms with E-state index in [1.54, 1.807) is 0 Å². The van der Waals surface area contributed by atoms with Gasteiger partial charge in [0.1, 0.15) is 6.61 Å². The number of fused-ring (bicyclic) bond motifs is 2. The fourth-order valence-corrected chi connectivity index (χ4v) is 6.08. The number of carbonyl (C=O) groups is 1. The average Bonchev–Trinajstić information content (AvgIpc) is 3.61. The molecule has 5 rings (SSSR count). The van der Waals surface area contributed by atoms with E-state index in [-0.39, 0.29) is 5.91 Å². The second-order valence-electron chi connectivity index (χ2n) is 11.7. The molecule has 7 nitrogen and oxygen atoms in total. The lowest BCUT2D eigenvalue weighted by Gasteiger charge is -2.32. The van der Waals surface area contributed by atoms with Crippen LogP contribution < -0.4 is 10.1 Å². The number of rotatable bonds is 11. The van der Waals surface area contributed by atoms with Crippen molar-refractivity contribution < 1.29 is 9.53 Å². The molecule has 1 aromatic carbocycles. The van der Waals surface area contributed by atoms with Gasteiger partial charge in [-0.05, 0) is 109 Å². The minimum atomic E-state index is -0.607. The first-order valence-electron chi connectivity index (χ1n) is 14.0. The van der Waals surface area contributed by atoms with Gasteiger partial charge in [0, 0.05) is 35.6 Å². The Hall–Kier alpha value is -3.19. The highest BCUT2D eigenvalue weighted by atomic mass is 16.5. The Bertz CT molecular complexity index is 1210. The standard InChI is InChI=1S/C31H41N5O2/c1-21-17-22(2)19-24(18-21)28-27(12-16-33-15-11-23-9-13-32-14-10-23)29(35-34-28)38-20-31(3,4)30(37)36-25-5-6-26(36)8-7-25/h9-10,13-14,17-19,25-26,33H,5-8,11-12,15-16,20H2,1-4H3,(H,34,35). The van der Waals surface area contributed by atoms with Gasteiger partial charge in [0.2, 0.25) is 11.8 Å². The van der Waals surface area contributed by atoms with Crippen LogP contribution in [0.3, 0.4) is 0 Å². The third-order valence-electron chi connectivity index (χ3n) is 8.07. The maximum absolute atomic E-state index is 13.5. The summed E-state index contributed by atoms with van der Waals surface area (Å²) in [7, 11) is 0. The molecule has 2 aliphatic heterocycles. The molecule has 4 heterocycles. The minimum absolute atomic E-state index is 0.215. The van der Waals surface area contributed by atoms with Crippen LogP contribution >= 0.6 is 0 Å². The largest absolute Gasteiger partial charge is 0.475 e. The molecule has 2 N–H and O–H groups in total. The zero-order valence-corrected chi connectivity index (χ0v) is 23.2. The lowest BCUT2D eigenvalue weighted by Crippen LogP contribution is -2.46. The lowest BCUT2D eigenvalue weighted by atomic mass is 9.92. The van der Waals surface area contributed by atoms with Crippen molar-refractivity contribution in [3.05, 3.63) is 65.0 Å². The topological polar surface area (TPSA) is 83.1 Å². The molecule has 2 bridgehead atoms. The first-order valence-corrected chi connectivity index (χ1v) is 14.0. The number of aromatic nitrogens is 3. The number of hydrogen-bond acceptors (Lipinski definition) is 5. The van der Waals surface area contributed by atoms with Crippen molar-refractivity contribution in [3.63, 3.8) is 0 Å². The number of pyridine rings is 1. The summed E-state index contributed by atoms with van der Waals surface area (Å²) in [6.45, 7) is 10.2. The van der Waals surface area contributed by atoms with Crippen LogP contribution in [0.2, 0.25) is 0 Å². The van der Waals surface area contributed by atoms with Crippen LogP contribution in [0.5, 0.6) is 5.88 Å². The summed E-state index contributed by atoms with van der Waals surface area (Å²) in [5.41, 5.74) is 6.25. The summed E-state index contributed by atoms with van der Waals surface area (Å²) in [4.78, 5) is 19.7. The highest BCUT2D eigenvalue weighted by molar-refractivity contribution is 5.83. The fourth-order valence-electron chi connectivity index (χ4n) is 6.08. The number of nitrogens with one attached hydrogen (secondary N) is 2. The van der Waals surface area contributed by atoms with E-state index in [9.17, 15) is 4.79 Å². The van der Waals surface area contributed by atoms with E-state index >= 15 is 0 Å². The minimum Gasteiger partial charge on any atom is -0.475 e. The molecule has 0 spiro atoms. The van der Waals surface area contributed by atoms with Crippen molar-refractivity contribution in [1.29, 1.82) is 0 Å². The van der Waals surface area contributed by atoms with Gasteiger partial charge in [-0.2, -0.15) is 0 Å². The quantitative estimate of drug-likeness (QED) is 0.350. The van der Waals surface area contributed by atoms with Crippen molar-refractivity contribution >= 4 is 5.91 Å². The van der Waals surface area contributed by atoms with Gasteiger partial charge in [0.15, 0.2) is 0 Å². The zero-order valence-electron chi connectivity index (χ0n) is 23.2. The highest BCUT2D eigenvalue weighted by Crippen LogP contribution is 2.40. The normalized spacial score (nSPS) is 18.8. The van der Waals surface area contributed by atoms with Crippen LogP contribution in [-0.4, -0.2) is 57.8 Å². The Balaban J connectivity index is 1.28. The number of nitrogens with zero attached hydrogens (tertiary/aromatic N) is 3. The number of amides is 1. The van der Waals surface area contributed by atoms with Gasteiger partial charge >= 0.3 is 0 Å². The van der Waals surface area contributed by atoms with Crippen LogP contribution in [0.1, 0.15) is 61.8 Å². The number of aromatic amines is 1. The summed E-state index contributed by atoms with van der Waals surface area (Å²) in [5.74, 6) is 0.812. The van der Waals surface area contributed by atoms with E-state index in [0.717, 1.165) is 68.4 Å². The highest BCUT2D eigenvalue weighted by Gasteiger charge is 2.46. The number of hydrogen-bond donors (Lipinski definition) is 2. The van der Waals surface area contributed by atoms with E-state index in [1.807, 2.05) is 26.2 Å². The molecule has 0 unspecified atom stereocenters. The monoisotopic (exact) mass is 515 g/mol. The summed E-state index contributed by atoms with van der Waals surface area (Å²) in [6, 6.07) is 11.5. The van der Waals surface area contributed by atoms with Gasteiger partial charge in [0.25, 0.3) is 0 Å². The van der Waals surface area contributed by atoms with E-state index in [0.29, 0.717) is 24.6 Å². The van der Waals surface area contributed by atoms with Crippen LogP contribution in [0, 0.1) is 19.3 Å². The molecule has 1 amide bonds. The van der Waals surface area contributed by atoms with E-state index in [4.69, 9.17) is 4.74 Å². The lowest BCUT2D eigenvalue weighted by molar-refractivity contribution is -0.143. The van der Waals surface area contributed by atoms with Crippen molar-refractivity contribution in [2.75, 3.05) is 19.7 Å². The number of ether oxygens (including phenoxy) is 1. The maximum atomic E-state index is 13.5. The Labute approximate surface area is 226 Å². The van der Waals surface area contributed by atoms with Crippen molar-refractivity contribution in [2.45, 2.75) is 78.3 Å². The van der Waals surface area contributed by atoms with Gasteiger partial charge in [-0.1, -0.05) is 17.2 Å². The second kappa shape index (κ2) is 11.3. The predicted octanol–water partition coefficient (Wildman–Crippen LogP) is 5.02. The SMILES string of the molecule is Cc1cc(C)cc(-c2[nH]nc(OCC(C)(C)C(=O)N3C4CCC3CC4)c2CCNCCc2ccncc2)c1. The molecule has 7 heteroatoms. The molecule has 202 valence electrons. The molecule has 3 aromatic rings. The Morgan fingerprint density at radius 3 is 2.32 bits per heavy atom. The molecule has 0 aliphatic carbocycles. The summed E-state index contributed by atoms with van der Waals surface area (Å²) in [5, 5.41) is 11.4. The molecule has 2 saturated heterocycles. The second-order valence-corrected chi connectivity index (χ2v) is 11.7. The average molecular weight is 516 g/mol. The molecule has 0 saturated carbocycles. The Morgan fingerprint density at radius 2 is 1.66 bits per heavy atom. The van der Waals surface area contributed by atoms with Crippen LogP contribution in [0.25, 0.3) is 11.3 Å². The van der Waals surface area contributed by atoms with E-state index < -0.39 is 5.41 Å². The van der Waals surface area contributed by atoms with Gasteiger partial charge in [-0.15, -0.1) is 5.10 Å². The van der Waals surface area contributed by atoms with Gasteiger partial charge < -0.3 is 15.0 Å². The number of H-pyrrole nitrogens is 1. The summed E-state index contributed by atoms with van der Waals surface area (Å²) >= 11 is 0. The third-order valence-corrected chi connectivity index (χ3v) is 8.07. The predicted molar refractivity (Wildman–Crippen MR) is 150 cm³/mol. The maximum Gasteiger partial charge on any atom is 0.236 e. The zero-order chi connectivity index (χ0) is 26.7. The van der Waals surface area contributed by atoms with Crippen molar-refractivity contribution in [2.24, 2.45) is 5.41 Å². The molecule has 2 aliphatic rings. The van der Waals surface area contributed by atoms with Crippen molar-refractivity contribution in [1.82, 2.24) is 25.4 Å². The first kappa shape index (κ1) is 26.4. The molecule has 2 aromatic heterocycles. The molecular weight excluding hydrogens is 474 g/mol. The Morgan fingerprint density at radius 1 is 1.03 bits per heavy atom. The third kappa shape index (κ3) is 5.78. The number of aryl methyl sites for hydroxylation is 2. The molecule has 38 heavy (non-hydrogen) atoms. The van der Waals surface area contributed by atoms with Gasteiger partial charge in [-0.25, -0.2) is 0 Å². The summed E-state index contributed by atoms with van der Waals surface area (Å²) < 4.78 is 6.34. The van der Waals surface area contributed by atoms with E-state index in [1.165, 1.54) is 16.7 Å². The first-order chi connectivity index (χ1) is 18.3. The number of carbonyl (C=O) groups excluding carboxylic acids is 1. The Kier molecular flexibility index (Phi) is 7.84. The van der Waals surface area contributed by atoms with E-state index in [2.05, 4.69) is 69.6 Å². The van der Waals surface area contributed by atoms with Gasteiger partial charge in [0.05, 0.1) is 11.1 Å².